The number of fused-ring (bicyclic) bond motifs is 1. The van der Waals surface area contributed by atoms with Crippen LogP contribution in [0, 0.1) is 20.8 Å². The zero-order chi connectivity index (χ0) is 18.8. The lowest BCUT2D eigenvalue weighted by atomic mass is 10.2. The molecular weight excluding hydrogens is 328 g/mol. The number of likely N-dealkylation sites (N-methyl/N-ethyl adjacent to an activating group) is 1. The van der Waals surface area contributed by atoms with Gasteiger partial charge in [0.05, 0.1) is 23.3 Å². The summed E-state index contributed by atoms with van der Waals surface area (Å²) in [6, 6.07) is 8.04. The Balaban J connectivity index is 1.55. The van der Waals surface area contributed by atoms with Gasteiger partial charge in [-0.05, 0) is 44.5 Å². The van der Waals surface area contributed by atoms with Crippen LogP contribution in [0.1, 0.15) is 22.8 Å². The van der Waals surface area contributed by atoms with Crippen molar-refractivity contribution in [3.05, 3.63) is 47.0 Å². The van der Waals surface area contributed by atoms with Crippen LogP contribution in [0.5, 0.6) is 0 Å². The first-order valence-electron chi connectivity index (χ1n) is 8.77. The van der Waals surface area contributed by atoms with E-state index >= 15 is 0 Å². The third-order valence-corrected chi connectivity index (χ3v) is 4.71. The zero-order valence-corrected chi connectivity index (χ0v) is 16.1. The van der Waals surface area contributed by atoms with Crippen LogP contribution in [0.4, 0.5) is 4.79 Å². The average molecular weight is 354 g/mol. The molecule has 26 heavy (non-hydrogen) atoms. The van der Waals surface area contributed by atoms with Crippen molar-refractivity contribution in [2.45, 2.75) is 33.9 Å². The number of hydrogen-bond acceptors (Lipinski definition) is 3. The largest absolute Gasteiger partial charge is 0.334 e. The molecule has 2 amide bonds. The Morgan fingerprint density at radius 3 is 2.69 bits per heavy atom. The molecule has 7 nitrogen and oxygen atoms in total. The van der Waals surface area contributed by atoms with E-state index in [0.717, 1.165) is 33.8 Å². The maximum atomic E-state index is 12.3. The van der Waals surface area contributed by atoms with Crippen molar-refractivity contribution in [2.75, 3.05) is 13.6 Å². The third kappa shape index (κ3) is 3.71. The van der Waals surface area contributed by atoms with Gasteiger partial charge < -0.3 is 14.8 Å². The Morgan fingerprint density at radius 1 is 1.23 bits per heavy atom. The highest BCUT2D eigenvalue weighted by Gasteiger charge is 2.10. The molecule has 0 spiro atoms. The maximum absolute atomic E-state index is 12.3. The van der Waals surface area contributed by atoms with Crippen molar-refractivity contribution in [3.8, 4) is 0 Å². The molecule has 3 rings (SSSR count). The molecule has 0 aliphatic rings. The van der Waals surface area contributed by atoms with Gasteiger partial charge in [-0.25, -0.2) is 9.78 Å². The van der Waals surface area contributed by atoms with E-state index in [1.54, 1.807) is 11.9 Å². The highest BCUT2D eigenvalue weighted by molar-refractivity contribution is 5.77. The van der Waals surface area contributed by atoms with Crippen molar-refractivity contribution in [3.63, 3.8) is 0 Å². The maximum Gasteiger partial charge on any atom is 0.317 e. The number of benzene rings is 1. The Hall–Kier alpha value is -2.83. The number of carbonyl (C=O) groups excluding carboxylic acids is 1. The van der Waals surface area contributed by atoms with Gasteiger partial charge in [0.15, 0.2) is 0 Å². The van der Waals surface area contributed by atoms with E-state index < -0.39 is 0 Å². The average Bonchev–Trinajstić information content (AvgIpc) is 3.08. The number of urea groups is 1. The molecule has 2 heterocycles. The molecule has 1 N–H and O–H groups in total. The smallest absolute Gasteiger partial charge is 0.317 e. The summed E-state index contributed by atoms with van der Waals surface area (Å²) in [5.74, 6) is 0.977. The van der Waals surface area contributed by atoms with E-state index in [1.165, 1.54) is 0 Å². The van der Waals surface area contributed by atoms with Crippen LogP contribution in [0.3, 0.4) is 0 Å². The summed E-state index contributed by atoms with van der Waals surface area (Å²) >= 11 is 0. The second-order valence-electron chi connectivity index (χ2n) is 6.77. The predicted molar refractivity (Wildman–Crippen MR) is 102 cm³/mol. The summed E-state index contributed by atoms with van der Waals surface area (Å²) in [5.41, 5.74) is 5.19. The Bertz CT molecular complexity index is 939. The van der Waals surface area contributed by atoms with Gasteiger partial charge in [-0.1, -0.05) is 6.07 Å². The fourth-order valence-electron chi connectivity index (χ4n) is 3.04. The first-order chi connectivity index (χ1) is 12.3. The summed E-state index contributed by atoms with van der Waals surface area (Å²) < 4.78 is 3.99. The second kappa shape index (κ2) is 7.19. The molecule has 0 fully saturated rings. The number of nitrogens with zero attached hydrogens (tertiary/aromatic N) is 5. The highest BCUT2D eigenvalue weighted by atomic mass is 16.2. The summed E-state index contributed by atoms with van der Waals surface area (Å²) in [4.78, 5) is 18.5. The molecule has 0 saturated carbocycles. The molecular formula is C19H26N6O. The minimum Gasteiger partial charge on any atom is -0.334 e. The molecule has 0 bridgehead atoms. The van der Waals surface area contributed by atoms with Crippen molar-refractivity contribution in [2.24, 2.45) is 7.05 Å². The van der Waals surface area contributed by atoms with Crippen molar-refractivity contribution >= 4 is 17.1 Å². The van der Waals surface area contributed by atoms with Gasteiger partial charge in [-0.15, -0.1) is 0 Å². The Morgan fingerprint density at radius 2 is 2.00 bits per heavy atom. The van der Waals surface area contributed by atoms with Gasteiger partial charge in [0.25, 0.3) is 0 Å². The number of aromatic nitrogens is 4. The van der Waals surface area contributed by atoms with Crippen LogP contribution in [0.2, 0.25) is 0 Å². The molecule has 0 saturated heterocycles. The lowest BCUT2D eigenvalue weighted by Crippen LogP contribution is -2.38. The van der Waals surface area contributed by atoms with E-state index in [2.05, 4.69) is 20.0 Å². The van der Waals surface area contributed by atoms with Crippen LogP contribution in [-0.4, -0.2) is 43.9 Å². The normalized spacial score (nSPS) is 11.1. The number of nitrogens with one attached hydrogen (secondary N) is 1. The van der Waals surface area contributed by atoms with Gasteiger partial charge in [0.2, 0.25) is 0 Å². The molecule has 138 valence electrons. The molecule has 0 aliphatic carbocycles. The van der Waals surface area contributed by atoms with Gasteiger partial charge >= 0.3 is 6.03 Å². The van der Waals surface area contributed by atoms with Gasteiger partial charge in [0, 0.05) is 32.9 Å². The SMILES string of the molecule is Cc1cc(C)n(CCN(C)C(=O)NCc2ccc3c(c2)nc(C)n3C)n1. The molecule has 0 aliphatic heterocycles. The van der Waals surface area contributed by atoms with Gasteiger partial charge in [0.1, 0.15) is 5.82 Å². The van der Waals surface area contributed by atoms with Crippen LogP contribution < -0.4 is 5.32 Å². The minimum atomic E-state index is -0.0937. The molecule has 7 heteroatoms. The van der Waals surface area contributed by atoms with Crippen molar-refractivity contribution < 1.29 is 4.79 Å². The molecule has 3 aromatic rings. The predicted octanol–water partition coefficient (Wildman–Crippen LogP) is 2.54. The van der Waals surface area contributed by atoms with E-state index in [4.69, 9.17) is 0 Å². The summed E-state index contributed by atoms with van der Waals surface area (Å²) in [6.07, 6.45) is 0. The van der Waals surface area contributed by atoms with E-state index in [-0.39, 0.29) is 6.03 Å². The Labute approximate surface area is 153 Å². The molecule has 1 aromatic carbocycles. The van der Waals surface area contributed by atoms with Crippen molar-refractivity contribution in [1.29, 1.82) is 0 Å². The first kappa shape index (κ1) is 18.0. The van der Waals surface area contributed by atoms with Gasteiger partial charge in [-0.3, -0.25) is 4.68 Å². The van der Waals surface area contributed by atoms with Crippen molar-refractivity contribution in [1.82, 2.24) is 29.5 Å². The number of imidazole rings is 1. The molecule has 0 unspecified atom stereocenters. The summed E-state index contributed by atoms with van der Waals surface area (Å²) in [7, 11) is 3.80. The minimum absolute atomic E-state index is 0.0937. The lowest BCUT2D eigenvalue weighted by molar-refractivity contribution is 0.206. The molecule has 0 radical (unpaired) electrons. The lowest BCUT2D eigenvalue weighted by Gasteiger charge is -2.18. The van der Waals surface area contributed by atoms with Gasteiger partial charge in [-0.2, -0.15) is 5.10 Å². The monoisotopic (exact) mass is 354 g/mol. The van der Waals surface area contributed by atoms with E-state index in [0.29, 0.717) is 19.6 Å². The molecule has 2 aromatic heterocycles. The van der Waals surface area contributed by atoms with E-state index in [9.17, 15) is 4.79 Å². The standard InChI is InChI=1S/C19H26N6O/c1-13-10-14(2)25(22-13)9-8-23(4)19(26)20-12-16-6-7-18-17(11-16)21-15(3)24(18)5/h6-7,10-11H,8-9,12H2,1-5H3,(H,20,26). The fraction of sp³-hybridized carbons (Fsp3) is 0.421. The molecule has 0 atom stereocenters. The van der Waals surface area contributed by atoms with Crippen LogP contribution in [-0.2, 0) is 20.1 Å². The quantitative estimate of drug-likeness (QED) is 0.766. The second-order valence-corrected chi connectivity index (χ2v) is 6.77. The van der Waals surface area contributed by atoms with E-state index in [1.807, 2.05) is 56.8 Å². The number of hydrogen-bond donors (Lipinski definition) is 1. The number of aryl methyl sites for hydroxylation is 4. The summed E-state index contributed by atoms with van der Waals surface area (Å²) in [6.45, 7) is 7.75. The first-order valence-corrected chi connectivity index (χ1v) is 8.77. The summed E-state index contributed by atoms with van der Waals surface area (Å²) in [5, 5.41) is 7.39. The number of rotatable bonds is 5. The van der Waals surface area contributed by atoms with Crippen LogP contribution in [0.15, 0.2) is 24.3 Å². The highest BCUT2D eigenvalue weighted by Crippen LogP contribution is 2.16. The number of carbonyl (C=O) groups is 1. The van der Waals surface area contributed by atoms with Crippen LogP contribution >= 0.6 is 0 Å². The Kier molecular flexibility index (Phi) is 4.97. The topological polar surface area (TPSA) is 68.0 Å². The fourth-order valence-corrected chi connectivity index (χ4v) is 3.04. The zero-order valence-electron chi connectivity index (χ0n) is 16.1. The van der Waals surface area contributed by atoms with Crippen LogP contribution in [0.25, 0.3) is 11.0 Å². The number of amides is 2. The third-order valence-electron chi connectivity index (χ3n) is 4.71.